The second-order valence-corrected chi connectivity index (χ2v) is 13.6. The molecule has 0 fully saturated rings. The van der Waals surface area contributed by atoms with Gasteiger partial charge >= 0.3 is 0 Å². The zero-order valence-electron chi connectivity index (χ0n) is 20.8. The van der Waals surface area contributed by atoms with Crippen molar-refractivity contribution in [2.45, 2.75) is 27.7 Å². The van der Waals surface area contributed by atoms with E-state index in [1.165, 1.54) is 66.2 Å². The number of fused-ring (bicyclic) bond motifs is 4. The summed E-state index contributed by atoms with van der Waals surface area (Å²) in [6.45, 7) is 13.5. The number of anilines is 4. The largest absolute Gasteiger partial charge is 0.354 e. The molecule has 0 unspecified atom stereocenters. The first-order valence-corrected chi connectivity index (χ1v) is 15.3. The van der Waals surface area contributed by atoms with Gasteiger partial charge in [0, 0.05) is 44.0 Å². The fraction of sp³-hybridized carbons (Fsp3) is 0.200. The van der Waals surface area contributed by atoms with Crippen molar-refractivity contribution in [3.05, 3.63) is 95.1 Å². The summed E-state index contributed by atoms with van der Waals surface area (Å²) < 4.78 is 0. The van der Waals surface area contributed by atoms with Crippen molar-refractivity contribution in [1.29, 1.82) is 0 Å². The van der Waals surface area contributed by atoms with Crippen molar-refractivity contribution in [3.63, 3.8) is 0 Å². The molecule has 2 N–H and O–H groups in total. The van der Waals surface area contributed by atoms with Crippen molar-refractivity contribution in [1.82, 2.24) is 0 Å². The van der Waals surface area contributed by atoms with Crippen LogP contribution in [0, 0.1) is 27.7 Å². The molecule has 0 saturated heterocycles. The fourth-order valence-corrected chi connectivity index (χ4v) is 8.72. The molecular weight excluding hydrogens is 450 g/mol. The smallest absolute Gasteiger partial charge is 0.0465 e. The lowest BCUT2D eigenvalue weighted by atomic mass is 10.2. The highest BCUT2D eigenvalue weighted by Crippen LogP contribution is 2.41. The molecule has 0 aromatic heterocycles. The Hall–Kier alpha value is -2.66. The summed E-state index contributed by atoms with van der Waals surface area (Å²) in [6, 6.07) is 27.4. The Balaban J connectivity index is 1.81. The van der Waals surface area contributed by atoms with Gasteiger partial charge in [-0.2, -0.15) is 0 Å². The maximum absolute atomic E-state index is 3.88. The second-order valence-electron chi connectivity index (χ2n) is 9.45. The molecule has 1 aliphatic rings. The van der Waals surface area contributed by atoms with Gasteiger partial charge in [0.15, 0.2) is 0 Å². The molecule has 4 heteroatoms. The molecule has 4 aromatic rings. The van der Waals surface area contributed by atoms with Crippen molar-refractivity contribution < 1.29 is 0 Å². The monoisotopic (exact) mass is 482 g/mol. The lowest BCUT2D eigenvalue weighted by Gasteiger charge is -2.27. The third kappa shape index (κ3) is 4.38. The Morgan fingerprint density at radius 3 is 0.882 bits per heavy atom. The average Bonchev–Trinajstić information content (AvgIpc) is 2.82. The number of hydrogen-bond donors (Lipinski definition) is 2. The first-order valence-electron chi connectivity index (χ1n) is 11.7. The van der Waals surface area contributed by atoms with Crippen LogP contribution in [-0.4, -0.2) is 13.3 Å². The van der Waals surface area contributed by atoms with Crippen LogP contribution in [0.5, 0.6) is 0 Å². The van der Waals surface area contributed by atoms with Crippen LogP contribution in [0.1, 0.15) is 22.3 Å². The fourth-order valence-electron chi connectivity index (χ4n) is 4.65. The lowest BCUT2D eigenvalue weighted by Crippen LogP contribution is -2.23. The molecule has 5 rings (SSSR count). The van der Waals surface area contributed by atoms with E-state index in [0.29, 0.717) is 0 Å². The number of hydrogen-bond acceptors (Lipinski definition) is 2. The van der Waals surface area contributed by atoms with E-state index in [-0.39, 0.29) is 0 Å². The van der Waals surface area contributed by atoms with Crippen LogP contribution in [0.3, 0.4) is 0 Å². The number of aryl methyl sites for hydroxylation is 4. The predicted molar refractivity (Wildman–Crippen MR) is 156 cm³/mol. The van der Waals surface area contributed by atoms with Crippen LogP contribution in [-0.2, 0) is 0 Å². The van der Waals surface area contributed by atoms with E-state index < -0.39 is 15.8 Å². The Labute approximate surface area is 206 Å². The minimum Gasteiger partial charge on any atom is -0.354 e. The molecule has 0 spiro atoms. The highest BCUT2D eigenvalue weighted by Gasteiger charge is 2.22. The van der Waals surface area contributed by atoms with E-state index in [1.807, 2.05) is 0 Å². The Morgan fingerprint density at radius 1 is 0.412 bits per heavy atom. The van der Waals surface area contributed by atoms with Gasteiger partial charge in [-0.05, 0) is 105 Å². The van der Waals surface area contributed by atoms with E-state index in [9.17, 15) is 0 Å². The highest BCUT2D eigenvalue weighted by atomic mass is 31.1. The number of benzene rings is 4. The minimum atomic E-state index is -0.571. The van der Waals surface area contributed by atoms with Crippen molar-refractivity contribution in [2.75, 3.05) is 24.0 Å². The lowest BCUT2D eigenvalue weighted by molar-refractivity contribution is 1.45. The standard InChI is InChI=1S/C30H32N2P2/c1-19-7-11-23-27(15-19)33(5)28-16-20(2)8-12-24(28)32-26-14-10-22(4)18-30(26)34(6)29-17-21(3)9-13-25(29)31-23/h7-18,31-32H,1-6H3. The quantitative estimate of drug-likeness (QED) is 0.268. The summed E-state index contributed by atoms with van der Waals surface area (Å²) in [7, 11) is -1.14. The van der Waals surface area contributed by atoms with Gasteiger partial charge in [0.25, 0.3) is 0 Å². The van der Waals surface area contributed by atoms with Gasteiger partial charge in [0.1, 0.15) is 0 Å². The average molecular weight is 483 g/mol. The summed E-state index contributed by atoms with van der Waals surface area (Å²) >= 11 is 0. The highest BCUT2D eigenvalue weighted by molar-refractivity contribution is 7.73. The third-order valence-corrected chi connectivity index (χ3v) is 11.0. The molecule has 34 heavy (non-hydrogen) atoms. The zero-order chi connectivity index (χ0) is 24.0. The number of rotatable bonds is 0. The minimum absolute atomic E-state index is 0.571. The summed E-state index contributed by atoms with van der Waals surface area (Å²) in [5, 5.41) is 13.3. The van der Waals surface area contributed by atoms with E-state index in [4.69, 9.17) is 0 Å². The molecule has 0 bridgehead atoms. The van der Waals surface area contributed by atoms with E-state index in [0.717, 1.165) is 0 Å². The second kappa shape index (κ2) is 9.18. The van der Waals surface area contributed by atoms with Gasteiger partial charge in [-0.3, -0.25) is 0 Å². The summed E-state index contributed by atoms with van der Waals surface area (Å²) in [5.74, 6) is 0. The van der Waals surface area contributed by atoms with Crippen molar-refractivity contribution >= 4 is 59.8 Å². The van der Waals surface area contributed by atoms with Gasteiger partial charge in [0.05, 0.1) is 0 Å². The zero-order valence-corrected chi connectivity index (χ0v) is 22.6. The number of nitrogens with one attached hydrogen (secondary N) is 2. The summed E-state index contributed by atoms with van der Waals surface area (Å²) in [6.07, 6.45) is 0. The van der Waals surface area contributed by atoms with Crippen molar-refractivity contribution in [3.8, 4) is 0 Å². The van der Waals surface area contributed by atoms with E-state index in [2.05, 4.69) is 124 Å². The molecule has 0 amide bonds. The summed E-state index contributed by atoms with van der Waals surface area (Å²) in [5.41, 5.74) is 10.0. The molecule has 4 aromatic carbocycles. The van der Waals surface area contributed by atoms with Crippen LogP contribution in [0.15, 0.2) is 72.8 Å². The molecular formula is C30H32N2P2. The molecule has 0 radical (unpaired) electrons. The Kier molecular flexibility index (Phi) is 6.24. The summed E-state index contributed by atoms with van der Waals surface area (Å²) in [4.78, 5) is 0. The van der Waals surface area contributed by atoms with Crippen LogP contribution in [0.25, 0.3) is 0 Å². The van der Waals surface area contributed by atoms with Crippen LogP contribution in [0.2, 0.25) is 0 Å². The van der Waals surface area contributed by atoms with Gasteiger partial charge in [-0.1, -0.05) is 46.5 Å². The molecule has 1 aliphatic heterocycles. The third-order valence-electron chi connectivity index (χ3n) is 6.60. The van der Waals surface area contributed by atoms with Gasteiger partial charge in [0.2, 0.25) is 0 Å². The molecule has 0 aliphatic carbocycles. The van der Waals surface area contributed by atoms with Gasteiger partial charge < -0.3 is 10.6 Å². The van der Waals surface area contributed by atoms with E-state index in [1.54, 1.807) is 0 Å². The van der Waals surface area contributed by atoms with Crippen LogP contribution >= 0.6 is 15.8 Å². The SMILES string of the molecule is Cc1ccc2c(c1)P(C)c1cc(C)ccc1Nc1ccc(C)cc1P(C)c1cc(C)ccc1N2. The molecule has 0 atom stereocenters. The normalized spacial score (nSPS) is 17.0. The Bertz CT molecular complexity index is 1180. The molecule has 2 nitrogen and oxygen atoms in total. The van der Waals surface area contributed by atoms with Gasteiger partial charge in [-0.15, -0.1) is 0 Å². The first-order chi connectivity index (χ1) is 16.3. The molecule has 172 valence electrons. The van der Waals surface area contributed by atoms with E-state index >= 15 is 0 Å². The van der Waals surface area contributed by atoms with Crippen molar-refractivity contribution in [2.24, 2.45) is 0 Å². The molecule has 0 saturated carbocycles. The first kappa shape index (κ1) is 23.1. The van der Waals surface area contributed by atoms with Gasteiger partial charge in [-0.25, -0.2) is 0 Å². The van der Waals surface area contributed by atoms with Crippen LogP contribution in [0.4, 0.5) is 22.7 Å². The topological polar surface area (TPSA) is 24.1 Å². The Morgan fingerprint density at radius 2 is 0.647 bits per heavy atom. The molecule has 1 heterocycles. The van der Waals surface area contributed by atoms with Crippen LogP contribution < -0.4 is 31.9 Å². The maximum Gasteiger partial charge on any atom is 0.0465 e. The predicted octanol–water partition coefficient (Wildman–Crippen LogP) is 6.85. The maximum atomic E-state index is 3.88.